The molecule has 0 radical (unpaired) electrons. The first-order chi connectivity index (χ1) is 4.83. The summed E-state index contributed by atoms with van der Waals surface area (Å²) in [6.45, 7) is 3.54. The molecular weight excluding hydrogens is 162 g/mol. The minimum absolute atomic E-state index is 0.669. The van der Waals surface area contributed by atoms with Crippen LogP contribution in [0.3, 0.4) is 0 Å². The molecule has 0 saturated carbocycles. The first-order valence-electron chi connectivity index (χ1n) is 2.80. The second kappa shape index (κ2) is 3.49. The molecule has 52 valence electrons. The van der Waals surface area contributed by atoms with Crippen LogP contribution < -0.4 is 5.32 Å². The molecule has 0 amide bonds. The summed E-state index contributed by atoms with van der Waals surface area (Å²) < 4.78 is 0. The van der Waals surface area contributed by atoms with Gasteiger partial charge >= 0.3 is 0 Å². The highest BCUT2D eigenvalue weighted by Crippen LogP contribution is 2.14. The predicted octanol–water partition coefficient (Wildman–Crippen LogP) is 2.67. The lowest BCUT2D eigenvalue weighted by Crippen LogP contribution is -2.02. The summed E-state index contributed by atoms with van der Waals surface area (Å²) in [4.78, 5) is 0.669. The summed E-state index contributed by atoms with van der Waals surface area (Å²) in [6, 6.07) is 3.94. The van der Waals surface area contributed by atoms with Crippen LogP contribution >= 0.6 is 23.6 Å². The van der Waals surface area contributed by atoms with E-state index < -0.39 is 0 Å². The van der Waals surface area contributed by atoms with E-state index in [1.54, 1.807) is 17.4 Å². The molecule has 1 heterocycles. The Hall–Kier alpha value is -0.670. The van der Waals surface area contributed by atoms with E-state index >= 15 is 0 Å². The maximum atomic E-state index is 4.88. The van der Waals surface area contributed by atoms with Gasteiger partial charge in [-0.25, -0.2) is 0 Å². The average Bonchev–Trinajstić information content (AvgIpc) is 2.40. The Bertz CT molecular complexity index is 226. The van der Waals surface area contributed by atoms with Gasteiger partial charge in [-0.3, -0.25) is 0 Å². The first kappa shape index (κ1) is 7.44. The Balaban J connectivity index is 2.56. The van der Waals surface area contributed by atoms with E-state index in [1.165, 1.54) is 0 Å². The topological polar surface area (TPSA) is 12.0 Å². The van der Waals surface area contributed by atoms with Crippen LogP contribution in [0.5, 0.6) is 0 Å². The van der Waals surface area contributed by atoms with Crippen LogP contribution in [0.25, 0.3) is 0 Å². The van der Waals surface area contributed by atoms with E-state index in [4.69, 9.17) is 12.2 Å². The molecule has 1 aromatic rings. The molecule has 1 nitrogen and oxygen atoms in total. The van der Waals surface area contributed by atoms with Gasteiger partial charge in [0.15, 0.2) is 0 Å². The van der Waals surface area contributed by atoms with Crippen molar-refractivity contribution in [3.63, 3.8) is 0 Å². The summed E-state index contributed by atoms with van der Waals surface area (Å²) >= 11 is 6.50. The summed E-state index contributed by atoms with van der Waals surface area (Å²) in [5, 5.41) is 6.06. The van der Waals surface area contributed by atoms with Gasteiger partial charge in [-0.15, -0.1) is 11.3 Å². The van der Waals surface area contributed by atoms with Gasteiger partial charge in [-0.1, -0.05) is 18.8 Å². The molecule has 0 aliphatic heterocycles. The Morgan fingerprint density at radius 3 is 3.10 bits per heavy atom. The van der Waals surface area contributed by atoms with E-state index in [9.17, 15) is 0 Å². The highest BCUT2D eigenvalue weighted by molar-refractivity contribution is 7.81. The molecule has 0 spiro atoms. The zero-order chi connectivity index (χ0) is 7.40. The Morgan fingerprint density at radius 2 is 2.60 bits per heavy atom. The molecule has 0 aliphatic rings. The molecule has 0 fully saturated rings. The molecule has 0 aliphatic carbocycles. The third-order valence-corrected chi connectivity index (χ3v) is 2.01. The lowest BCUT2D eigenvalue weighted by molar-refractivity contribution is 1.85. The third kappa shape index (κ3) is 1.93. The highest BCUT2D eigenvalue weighted by Gasteiger charge is 1.91. The number of nitrogens with one attached hydrogen (secondary N) is 1. The van der Waals surface area contributed by atoms with Gasteiger partial charge < -0.3 is 5.32 Å². The molecule has 0 bridgehead atoms. The number of hydrogen-bond donors (Lipinski definition) is 1. The van der Waals surface area contributed by atoms with Crippen molar-refractivity contribution >= 4 is 33.5 Å². The standard InChI is InChI=1S/C7H7NS2/c1-2-6(9)8-7-4-3-5-10-7/h2-5H,1H2,(H,8,9). The van der Waals surface area contributed by atoms with Gasteiger partial charge in [0.05, 0.1) is 5.00 Å². The molecule has 1 N–H and O–H groups in total. The van der Waals surface area contributed by atoms with E-state index in [-0.39, 0.29) is 0 Å². The van der Waals surface area contributed by atoms with Gasteiger partial charge in [-0.05, 0) is 23.6 Å². The lowest BCUT2D eigenvalue weighted by atomic mass is 10.6. The zero-order valence-corrected chi connectivity index (χ0v) is 6.97. The van der Waals surface area contributed by atoms with Gasteiger partial charge in [0.25, 0.3) is 0 Å². The van der Waals surface area contributed by atoms with Gasteiger partial charge in [0.1, 0.15) is 4.99 Å². The van der Waals surface area contributed by atoms with E-state index in [0.717, 1.165) is 5.00 Å². The third-order valence-electron chi connectivity index (χ3n) is 0.953. The van der Waals surface area contributed by atoms with E-state index in [0.29, 0.717) is 4.99 Å². The number of hydrogen-bond acceptors (Lipinski definition) is 2. The van der Waals surface area contributed by atoms with E-state index in [2.05, 4.69) is 11.9 Å². The van der Waals surface area contributed by atoms with Crippen molar-refractivity contribution in [2.75, 3.05) is 5.32 Å². The van der Waals surface area contributed by atoms with Crippen LogP contribution in [-0.2, 0) is 0 Å². The summed E-state index contributed by atoms with van der Waals surface area (Å²) in [6.07, 6.45) is 1.62. The summed E-state index contributed by atoms with van der Waals surface area (Å²) in [7, 11) is 0. The van der Waals surface area contributed by atoms with Crippen LogP contribution in [0.4, 0.5) is 5.00 Å². The monoisotopic (exact) mass is 169 g/mol. The number of rotatable bonds is 2. The maximum absolute atomic E-state index is 4.88. The molecule has 0 atom stereocenters. The van der Waals surface area contributed by atoms with Crippen LogP contribution in [0, 0.1) is 0 Å². The number of thiophene rings is 1. The van der Waals surface area contributed by atoms with Crippen LogP contribution in [0.2, 0.25) is 0 Å². The van der Waals surface area contributed by atoms with Crippen molar-refractivity contribution in [1.29, 1.82) is 0 Å². The minimum Gasteiger partial charge on any atom is -0.338 e. The molecule has 1 rings (SSSR count). The minimum atomic E-state index is 0.669. The summed E-state index contributed by atoms with van der Waals surface area (Å²) in [5.74, 6) is 0. The highest BCUT2D eigenvalue weighted by atomic mass is 32.1. The van der Waals surface area contributed by atoms with Gasteiger partial charge in [-0.2, -0.15) is 0 Å². The average molecular weight is 169 g/mol. The Kier molecular flexibility index (Phi) is 2.59. The fourth-order valence-electron chi connectivity index (χ4n) is 0.522. The summed E-state index contributed by atoms with van der Waals surface area (Å²) in [5.41, 5.74) is 0. The van der Waals surface area contributed by atoms with Crippen molar-refractivity contribution in [3.8, 4) is 0 Å². The largest absolute Gasteiger partial charge is 0.338 e. The molecule has 3 heteroatoms. The van der Waals surface area contributed by atoms with Crippen LogP contribution in [0.15, 0.2) is 30.2 Å². The van der Waals surface area contributed by atoms with Crippen LogP contribution in [-0.4, -0.2) is 4.99 Å². The molecule has 10 heavy (non-hydrogen) atoms. The second-order valence-electron chi connectivity index (χ2n) is 1.67. The predicted molar refractivity (Wildman–Crippen MR) is 50.7 cm³/mol. The molecule has 1 aromatic heterocycles. The van der Waals surface area contributed by atoms with Crippen molar-refractivity contribution in [2.45, 2.75) is 0 Å². The van der Waals surface area contributed by atoms with Crippen molar-refractivity contribution < 1.29 is 0 Å². The van der Waals surface area contributed by atoms with Gasteiger partial charge in [0.2, 0.25) is 0 Å². The maximum Gasteiger partial charge on any atom is 0.103 e. The fraction of sp³-hybridized carbons (Fsp3) is 0. The van der Waals surface area contributed by atoms with Gasteiger partial charge in [0, 0.05) is 0 Å². The van der Waals surface area contributed by atoms with Crippen LogP contribution in [0.1, 0.15) is 0 Å². The quantitative estimate of drug-likeness (QED) is 0.539. The second-order valence-corrected chi connectivity index (χ2v) is 3.06. The number of thiocarbonyl (C=S) groups is 1. The van der Waals surface area contributed by atoms with E-state index in [1.807, 2.05) is 17.5 Å². The first-order valence-corrected chi connectivity index (χ1v) is 4.08. The van der Waals surface area contributed by atoms with Crippen molar-refractivity contribution in [3.05, 3.63) is 30.2 Å². The zero-order valence-electron chi connectivity index (χ0n) is 5.33. The van der Waals surface area contributed by atoms with Crippen molar-refractivity contribution in [1.82, 2.24) is 0 Å². The molecule has 0 unspecified atom stereocenters. The Labute approximate surface area is 69.4 Å². The fourth-order valence-corrected chi connectivity index (χ4v) is 1.33. The molecule has 0 saturated heterocycles. The number of anilines is 1. The Morgan fingerprint density at radius 1 is 1.80 bits per heavy atom. The smallest absolute Gasteiger partial charge is 0.103 e. The molecule has 0 aromatic carbocycles. The normalized spacial score (nSPS) is 8.80. The van der Waals surface area contributed by atoms with Crippen molar-refractivity contribution in [2.24, 2.45) is 0 Å². The lowest BCUT2D eigenvalue weighted by Gasteiger charge is -1.97. The SMILES string of the molecule is C=CC(=S)Nc1cccs1. The molecular formula is C7H7NS2.